The topological polar surface area (TPSA) is 60.1 Å². The number of hydrogen-bond acceptors (Lipinski definition) is 2. The second-order valence-electron chi connectivity index (χ2n) is 5.74. The second-order valence-corrected chi connectivity index (χ2v) is 8.34. The van der Waals surface area contributed by atoms with Gasteiger partial charge in [-0.3, -0.25) is 0 Å². The van der Waals surface area contributed by atoms with Gasteiger partial charge >= 0.3 is 10.0 Å². The van der Waals surface area contributed by atoms with Gasteiger partial charge in [0.1, 0.15) is 10.6 Å². The molecule has 0 aliphatic carbocycles. The van der Waals surface area contributed by atoms with Gasteiger partial charge in [0.15, 0.2) is 0 Å². The Kier molecular flexibility index (Phi) is 5.54. The average molecular weight is 430 g/mol. The highest BCUT2D eigenvalue weighted by atomic mass is 79.9. The largest absolute Gasteiger partial charge is 0.328 e. The third kappa shape index (κ3) is 4.39. The van der Waals surface area contributed by atoms with E-state index in [-0.39, 0.29) is 4.90 Å². The number of para-hydroxylation sites is 1. The quantitative estimate of drug-likeness (QED) is 0.494. The van der Waals surface area contributed by atoms with E-state index in [0.717, 1.165) is 21.3 Å². The monoisotopic (exact) mass is 429 g/mol. The summed E-state index contributed by atoms with van der Waals surface area (Å²) in [5.41, 5.74) is 2.55. The van der Waals surface area contributed by atoms with Gasteiger partial charge in [-0.15, -0.1) is 0 Å². The zero-order valence-electron chi connectivity index (χ0n) is 14.1. The first-order chi connectivity index (χ1) is 12.5. The lowest BCUT2D eigenvalue weighted by Gasteiger charge is -2.07. The van der Waals surface area contributed by atoms with Gasteiger partial charge in [0.05, 0.1) is 5.56 Å². The Morgan fingerprint density at radius 1 is 0.885 bits per heavy atom. The standard InChI is InChI=1S/C20H17BrN2O2S/c1-15-7-5-6-10-19(15)20(22-17-8-3-2-4-9-17)23-26(24,25)18-13-11-16(21)12-14-18/h2-14H,1H3,(H,22,23)/p+1. The Morgan fingerprint density at radius 3 is 2.15 bits per heavy atom. The smallest absolute Gasteiger partial charge is 0.240 e. The number of anilines is 1. The summed E-state index contributed by atoms with van der Waals surface area (Å²) in [5.74, 6) is 0.414. The van der Waals surface area contributed by atoms with E-state index in [0.29, 0.717) is 5.84 Å². The molecule has 0 saturated heterocycles. The van der Waals surface area contributed by atoms with Crippen LogP contribution in [0.5, 0.6) is 0 Å². The lowest BCUT2D eigenvalue weighted by molar-refractivity contribution is -0.266. The summed E-state index contributed by atoms with van der Waals surface area (Å²) in [6, 6.07) is 23.6. The van der Waals surface area contributed by atoms with Gasteiger partial charge in [0.2, 0.25) is 0 Å². The fraction of sp³-hybridized carbons (Fsp3) is 0.0500. The van der Waals surface area contributed by atoms with Crippen LogP contribution in [0.1, 0.15) is 11.1 Å². The molecule has 0 aromatic heterocycles. The van der Waals surface area contributed by atoms with Crippen molar-refractivity contribution in [3.63, 3.8) is 0 Å². The van der Waals surface area contributed by atoms with Gasteiger partial charge in [0.25, 0.3) is 5.84 Å². The van der Waals surface area contributed by atoms with Crippen LogP contribution in [-0.4, -0.2) is 14.3 Å². The summed E-state index contributed by atoms with van der Waals surface area (Å²) in [4.78, 5) is 0.196. The van der Waals surface area contributed by atoms with Gasteiger partial charge in [0, 0.05) is 4.47 Å². The van der Waals surface area contributed by atoms with E-state index < -0.39 is 10.0 Å². The van der Waals surface area contributed by atoms with E-state index in [1.54, 1.807) is 24.3 Å². The van der Waals surface area contributed by atoms with Crippen molar-refractivity contribution >= 4 is 37.5 Å². The first-order valence-corrected chi connectivity index (χ1v) is 10.3. The zero-order chi connectivity index (χ0) is 18.6. The molecular weight excluding hydrogens is 412 g/mol. The molecule has 26 heavy (non-hydrogen) atoms. The Balaban J connectivity index is 2.09. The van der Waals surface area contributed by atoms with Gasteiger partial charge in [-0.25, -0.2) is 5.32 Å². The highest BCUT2D eigenvalue weighted by molar-refractivity contribution is 9.10. The van der Waals surface area contributed by atoms with Crippen LogP contribution >= 0.6 is 15.9 Å². The first kappa shape index (κ1) is 18.4. The maximum absolute atomic E-state index is 12.8. The molecule has 6 heteroatoms. The van der Waals surface area contributed by atoms with Crippen molar-refractivity contribution in [3.8, 4) is 0 Å². The van der Waals surface area contributed by atoms with E-state index in [2.05, 4.69) is 25.6 Å². The van der Waals surface area contributed by atoms with Crippen molar-refractivity contribution in [2.75, 3.05) is 5.32 Å². The SMILES string of the molecule is Cc1ccccc1C(Nc1ccccc1)=[NH+]S(=O)(=O)c1ccc(Br)cc1. The van der Waals surface area contributed by atoms with Crippen LogP contribution in [0.4, 0.5) is 5.69 Å². The van der Waals surface area contributed by atoms with Crippen LogP contribution in [-0.2, 0) is 10.0 Å². The van der Waals surface area contributed by atoms with E-state index in [9.17, 15) is 8.42 Å². The fourth-order valence-corrected chi connectivity index (χ4v) is 3.78. The molecule has 132 valence electrons. The van der Waals surface area contributed by atoms with Crippen LogP contribution in [0.15, 0.2) is 88.2 Å². The Labute approximate surface area is 161 Å². The second kappa shape index (κ2) is 7.85. The maximum Gasteiger partial charge on any atom is 0.328 e. The minimum atomic E-state index is -3.73. The number of benzene rings is 3. The summed E-state index contributed by atoms with van der Waals surface area (Å²) < 4.78 is 29.2. The van der Waals surface area contributed by atoms with E-state index in [4.69, 9.17) is 0 Å². The molecule has 0 heterocycles. The molecule has 0 radical (unpaired) electrons. The molecule has 4 nitrogen and oxygen atoms in total. The molecule has 0 spiro atoms. The molecule has 3 aromatic rings. The third-order valence-corrected chi connectivity index (χ3v) is 5.71. The lowest BCUT2D eigenvalue weighted by Crippen LogP contribution is -2.78. The van der Waals surface area contributed by atoms with Gasteiger partial charge in [-0.2, -0.15) is 12.8 Å². The average Bonchev–Trinajstić information content (AvgIpc) is 2.63. The number of halogens is 1. The Morgan fingerprint density at radius 2 is 1.50 bits per heavy atom. The molecule has 0 bridgehead atoms. The van der Waals surface area contributed by atoms with Crippen LogP contribution in [0.3, 0.4) is 0 Å². The van der Waals surface area contributed by atoms with Crippen molar-refractivity contribution in [3.05, 3.63) is 94.5 Å². The lowest BCUT2D eigenvalue weighted by atomic mass is 10.1. The van der Waals surface area contributed by atoms with Crippen LogP contribution < -0.4 is 9.71 Å². The molecule has 0 amide bonds. The maximum atomic E-state index is 12.8. The molecular formula is C20H18BrN2O2S+. The molecule has 2 N–H and O–H groups in total. The predicted octanol–water partition coefficient (Wildman–Crippen LogP) is 3.09. The number of sulfonamides is 1. The first-order valence-electron chi connectivity index (χ1n) is 7.99. The predicted molar refractivity (Wildman–Crippen MR) is 108 cm³/mol. The number of rotatable bonds is 4. The number of nitrogens with one attached hydrogen (secondary N) is 2. The van der Waals surface area contributed by atoms with Crippen molar-refractivity contribution < 1.29 is 12.8 Å². The van der Waals surface area contributed by atoms with E-state index in [1.807, 2.05) is 61.5 Å². The van der Waals surface area contributed by atoms with Crippen LogP contribution in [0.25, 0.3) is 0 Å². The summed E-state index contributed by atoms with van der Waals surface area (Å²) in [7, 11) is -3.73. The van der Waals surface area contributed by atoms with E-state index in [1.165, 1.54) is 0 Å². The van der Waals surface area contributed by atoms with Crippen molar-refractivity contribution in [1.82, 2.24) is 0 Å². The zero-order valence-corrected chi connectivity index (χ0v) is 16.5. The van der Waals surface area contributed by atoms with Crippen molar-refractivity contribution in [2.45, 2.75) is 11.8 Å². The molecule has 0 aliphatic heterocycles. The number of hydrogen-bond donors (Lipinski definition) is 2. The Bertz CT molecular complexity index is 1030. The summed E-state index contributed by atoms with van der Waals surface area (Å²) >= 11 is 3.32. The van der Waals surface area contributed by atoms with Crippen molar-refractivity contribution in [1.29, 1.82) is 0 Å². The molecule has 0 aliphatic rings. The highest BCUT2D eigenvalue weighted by Crippen LogP contribution is 2.14. The van der Waals surface area contributed by atoms with E-state index >= 15 is 0 Å². The fourth-order valence-electron chi connectivity index (χ4n) is 2.47. The molecule has 0 unspecified atom stereocenters. The molecule has 0 saturated carbocycles. The third-order valence-electron chi connectivity index (χ3n) is 3.82. The molecule has 0 atom stereocenters. The summed E-state index contributed by atoms with van der Waals surface area (Å²) in [6.07, 6.45) is 0. The molecule has 3 aromatic carbocycles. The minimum absolute atomic E-state index is 0.196. The summed E-state index contributed by atoms with van der Waals surface area (Å²) in [5, 5.41) is 3.19. The van der Waals surface area contributed by atoms with Crippen molar-refractivity contribution in [2.24, 2.45) is 0 Å². The number of aryl methyl sites for hydroxylation is 1. The van der Waals surface area contributed by atoms with Crippen LogP contribution in [0, 0.1) is 6.92 Å². The van der Waals surface area contributed by atoms with Crippen LogP contribution in [0.2, 0.25) is 0 Å². The summed E-state index contributed by atoms with van der Waals surface area (Å²) in [6.45, 7) is 1.94. The number of amidine groups is 1. The minimum Gasteiger partial charge on any atom is -0.240 e. The normalized spacial score (nSPS) is 12.0. The van der Waals surface area contributed by atoms with Gasteiger partial charge < -0.3 is 0 Å². The Hall–Kier alpha value is -2.44. The molecule has 3 rings (SSSR count). The van der Waals surface area contributed by atoms with Gasteiger partial charge in [-0.05, 0) is 55.0 Å². The molecule has 0 fully saturated rings. The highest BCUT2D eigenvalue weighted by Gasteiger charge is 2.21. The van der Waals surface area contributed by atoms with Gasteiger partial charge in [-0.1, -0.05) is 52.3 Å².